The van der Waals surface area contributed by atoms with Gasteiger partial charge in [-0.2, -0.15) is 0 Å². The number of esters is 1. The molecule has 0 aromatic carbocycles. The van der Waals surface area contributed by atoms with Crippen molar-refractivity contribution < 1.29 is 37.3 Å². The molecule has 0 rings (SSSR count). The number of carbonyl (C=O) groups excluding carboxylic acids is 1. The second-order valence-electron chi connectivity index (χ2n) is 16.4. The van der Waals surface area contributed by atoms with Gasteiger partial charge in [0, 0.05) is 13.0 Å². The van der Waals surface area contributed by atoms with E-state index in [-0.39, 0.29) is 25.8 Å². The smallest absolute Gasteiger partial charge is 0.306 e. The van der Waals surface area contributed by atoms with Crippen LogP contribution in [0.4, 0.5) is 0 Å². The van der Waals surface area contributed by atoms with Crippen LogP contribution in [0.1, 0.15) is 174 Å². The summed E-state index contributed by atoms with van der Waals surface area (Å²) in [5, 5.41) is 0. The first-order chi connectivity index (χ1) is 28.1. The number of hydrogen-bond acceptors (Lipinski definition) is 7. The molecule has 0 amide bonds. The van der Waals surface area contributed by atoms with Gasteiger partial charge >= 0.3 is 5.97 Å². The van der Waals surface area contributed by atoms with Crippen LogP contribution < -0.4 is 4.89 Å². The highest BCUT2D eigenvalue weighted by atomic mass is 31.2. The summed E-state index contributed by atoms with van der Waals surface area (Å²) in [5.41, 5.74) is 0. The molecule has 8 nitrogen and oxygen atoms in total. The predicted octanol–water partition coefficient (Wildman–Crippen LogP) is 13.3. The average molecular weight is 834 g/mol. The molecule has 2 unspecified atom stereocenters. The Hall–Kier alpha value is -2.06. The minimum Gasteiger partial charge on any atom is -0.756 e. The van der Waals surface area contributed by atoms with Gasteiger partial charge in [-0.3, -0.25) is 9.36 Å². The molecule has 58 heavy (non-hydrogen) atoms. The van der Waals surface area contributed by atoms with Crippen LogP contribution in [0.15, 0.2) is 72.9 Å². The molecule has 0 aliphatic rings. The third-order valence-electron chi connectivity index (χ3n) is 9.52. The minimum atomic E-state index is -4.54. The van der Waals surface area contributed by atoms with E-state index in [2.05, 4.69) is 86.8 Å². The van der Waals surface area contributed by atoms with E-state index in [0.717, 1.165) is 70.6 Å². The highest BCUT2D eigenvalue weighted by Crippen LogP contribution is 2.38. The van der Waals surface area contributed by atoms with Crippen molar-refractivity contribution in [2.45, 2.75) is 180 Å². The fourth-order valence-corrected chi connectivity index (χ4v) is 6.70. The average Bonchev–Trinajstić information content (AvgIpc) is 3.18. The summed E-state index contributed by atoms with van der Waals surface area (Å²) in [7, 11) is 1.31. The first-order valence-electron chi connectivity index (χ1n) is 23.2. The van der Waals surface area contributed by atoms with Gasteiger partial charge < -0.3 is 27.9 Å². The third kappa shape index (κ3) is 45.0. The van der Waals surface area contributed by atoms with E-state index in [1.54, 1.807) is 0 Å². The molecule has 0 aliphatic carbocycles. The highest BCUT2D eigenvalue weighted by Gasteiger charge is 2.20. The van der Waals surface area contributed by atoms with Gasteiger partial charge in [0.25, 0.3) is 7.82 Å². The van der Waals surface area contributed by atoms with Crippen LogP contribution in [0.5, 0.6) is 0 Å². The Morgan fingerprint density at radius 3 is 1.43 bits per heavy atom. The van der Waals surface area contributed by atoms with Gasteiger partial charge in [-0.15, -0.1) is 0 Å². The summed E-state index contributed by atoms with van der Waals surface area (Å²) in [6.07, 6.45) is 53.6. The second-order valence-corrected chi connectivity index (χ2v) is 17.8. The van der Waals surface area contributed by atoms with Crippen molar-refractivity contribution in [1.82, 2.24) is 0 Å². The SMILES string of the molecule is CC/C=C\C/C=C\C/C=C\C/C=C\C/C=C\C/C=C\CCCOCC(COP(=O)([O-])OCC[N+](C)(C)C)OC(=O)CCCCCCCCCCCCCCCCCC. The van der Waals surface area contributed by atoms with E-state index in [1.807, 2.05) is 21.1 Å². The van der Waals surface area contributed by atoms with Gasteiger partial charge in [0.1, 0.15) is 19.3 Å². The number of unbranched alkanes of at least 4 members (excludes halogenated alkanes) is 16. The topological polar surface area (TPSA) is 94.1 Å². The molecule has 2 atom stereocenters. The zero-order valence-electron chi connectivity index (χ0n) is 38.0. The van der Waals surface area contributed by atoms with Crippen LogP contribution in [0.2, 0.25) is 0 Å². The number of ether oxygens (including phenoxy) is 2. The van der Waals surface area contributed by atoms with Gasteiger partial charge in [0.2, 0.25) is 0 Å². The summed E-state index contributed by atoms with van der Waals surface area (Å²) >= 11 is 0. The number of nitrogens with zero attached hydrogens (tertiary/aromatic N) is 1. The van der Waals surface area contributed by atoms with Crippen molar-refractivity contribution in [3.63, 3.8) is 0 Å². The van der Waals surface area contributed by atoms with E-state index in [1.165, 1.54) is 83.5 Å². The molecular formula is C49H88NO7P. The summed E-state index contributed by atoms with van der Waals surface area (Å²) in [6.45, 7) is 5.14. The monoisotopic (exact) mass is 834 g/mol. The molecular weight excluding hydrogens is 746 g/mol. The van der Waals surface area contributed by atoms with Crippen molar-refractivity contribution in [1.29, 1.82) is 0 Å². The molecule has 336 valence electrons. The van der Waals surface area contributed by atoms with Crippen molar-refractivity contribution in [2.24, 2.45) is 0 Å². The van der Waals surface area contributed by atoms with Crippen LogP contribution in [-0.2, 0) is 27.9 Å². The molecule has 0 aromatic rings. The van der Waals surface area contributed by atoms with Crippen molar-refractivity contribution in [3.05, 3.63) is 72.9 Å². The molecule has 0 fully saturated rings. The van der Waals surface area contributed by atoms with Gasteiger partial charge in [0.05, 0.1) is 34.4 Å². The zero-order chi connectivity index (χ0) is 42.7. The van der Waals surface area contributed by atoms with Crippen molar-refractivity contribution in [3.8, 4) is 0 Å². The predicted molar refractivity (Wildman–Crippen MR) is 245 cm³/mol. The fourth-order valence-electron chi connectivity index (χ4n) is 5.97. The van der Waals surface area contributed by atoms with E-state index in [0.29, 0.717) is 24.1 Å². The Kier molecular flexibility index (Phi) is 40.2. The Morgan fingerprint density at radius 2 is 0.983 bits per heavy atom. The van der Waals surface area contributed by atoms with Gasteiger partial charge in [0.15, 0.2) is 0 Å². The van der Waals surface area contributed by atoms with Crippen LogP contribution in [0.3, 0.4) is 0 Å². The van der Waals surface area contributed by atoms with Crippen LogP contribution in [-0.4, -0.2) is 70.7 Å². The number of carbonyl (C=O) groups is 1. The second kappa shape index (κ2) is 41.7. The maximum atomic E-state index is 12.7. The third-order valence-corrected chi connectivity index (χ3v) is 10.5. The number of quaternary nitrogens is 1. The molecule has 0 aromatic heterocycles. The summed E-state index contributed by atoms with van der Waals surface area (Å²) < 4.78 is 34.6. The molecule has 0 spiro atoms. The summed E-state index contributed by atoms with van der Waals surface area (Å²) in [5.74, 6) is -0.354. The van der Waals surface area contributed by atoms with Crippen molar-refractivity contribution in [2.75, 3.05) is 54.1 Å². The number of allylic oxidation sites excluding steroid dienone is 12. The molecule has 0 saturated heterocycles. The first-order valence-corrected chi connectivity index (χ1v) is 24.6. The number of phosphoric ester groups is 1. The number of phosphoric acid groups is 1. The van der Waals surface area contributed by atoms with Crippen molar-refractivity contribution >= 4 is 13.8 Å². The molecule has 0 bridgehead atoms. The van der Waals surface area contributed by atoms with E-state index in [4.69, 9.17) is 18.5 Å². The maximum absolute atomic E-state index is 12.7. The largest absolute Gasteiger partial charge is 0.756 e. The molecule has 0 saturated carbocycles. The standard InChI is InChI=1S/C49H88NO7P/c1-6-8-10-12-14-16-18-20-22-24-25-26-27-29-31-33-35-37-39-41-44-54-46-48(47-56-58(52,53)55-45-43-50(3,4)5)57-49(51)42-40-38-36-34-32-30-28-23-21-19-17-15-13-11-9-7-2/h8,10,14,16,20,22,25-26,29,31,35,37,48H,6-7,9,11-13,15,17-19,21,23-24,27-28,30,32-34,36,38-47H2,1-5H3/b10-8-,16-14-,22-20-,26-25-,31-29-,37-35-. The van der Waals surface area contributed by atoms with Gasteiger partial charge in [-0.1, -0.05) is 183 Å². The lowest BCUT2D eigenvalue weighted by Crippen LogP contribution is -2.37. The Morgan fingerprint density at radius 1 is 0.552 bits per heavy atom. The molecule has 0 heterocycles. The normalized spacial score (nSPS) is 14.4. The summed E-state index contributed by atoms with van der Waals surface area (Å²) in [6, 6.07) is 0. The number of hydrogen-bond donors (Lipinski definition) is 0. The van der Waals surface area contributed by atoms with E-state index < -0.39 is 13.9 Å². The van der Waals surface area contributed by atoms with Crippen LogP contribution in [0.25, 0.3) is 0 Å². The lowest BCUT2D eigenvalue weighted by Gasteiger charge is -2.28. The highest BCUT2D eigenvalue weighted by molar-refractivity contribution is 7.45. The molecule has 0 N–H and O–H groups in total. The van der Waals surface area contributed by atoms with Gasteiger partial charge in [-0.25, -0.2) is 0 Å². The first kappa shape index (κ1) is 55.9. The Bertz CT molecular complexity index is 1150. The zero-order valence-corrected chi connectivity index (χ0v) is 38.9. The minimum absolute atomic E-state index is 0.0130. The fraction of sp³-hybridized carbons (Fsp3) is 0.735. The lowest BCUT2D eigenvalue weighted by molar-refractivity contribution is -0.870. The number of rotatable bonds is 42. The molecule has 0 radical (unpaired) electrons. The molecule has 9 heteroatoms. The van der Waals surface area contributed by atoms with Crippen LogP contribution >= 0.6 is 7.82 Å². The Labute approximate surface area is 357 Å². The number of likely N-dealkylation sites (N-methyl/N-ethyl adjacent to an activating group) is 1. The van der Waals surface area contributed by atoms with Crippen LogP contribution in [0, 0.1) is 0 Å². The van der Waals surface area contributed by atoms with Gasteiger partial charge in [-0.05, 0) is 57.8 Å². The summed E-state index contributed by atoms with van der Waals surface area (Å²) in [4.78, 5) is 25.1. The Balaban J connectivity index is 4.32. The lowest BCUT2D eigenvalue weighted by atomic mass is 10.0. The molecule has 0 aliphatic heterocycles. The maximum Gasteiger partial charge on any atom is 0.306 e. The van der Waals surface area contributed by atoms with E-state index in [9.17, 15) is 14.3 Å². The quantitative estimate of drug-likeness (QED) is 0.0199. The van der Waals surface area contributed by atoms with E-state index >= 15 is 0 Å².